The van der Waals surface area contributed by atoms with Gasteiger partial charge in [-0.2, -0.15) is 24.3 Å². The normalized spacial score (nSPS) is 14.4. The minimum absolute atomic E-state index is 0. The van der Waals surface area contributed by atoms with Gasteiger partial charge < -0.3 is 19.4 Å². The van der Waals surface area contributed by atoms with E-state index in [0.29, 0.717) is 18.5 Å². The molecule has 153 valence electrons. The number of benzene rings is 1. The van der Waals surface area contributed by atoms with Gasteiger partial charge in [0.15, 0.2) is 0 Å². The Kier molecular flexibility index (Phi) is 7.50. The average molecular weight is 432 g/mol. The first-order valence-electron chi connectivity index (χ1n) is 9.42. The molecule has 1 aliphatic heterocycles. The number of pyridine rings is 1. The first-order valence-corrected chi connectivity index (χ1v) is 9.42. The molecule has 0 fully saturated rings. The molecule has 1 aromatic heterocycles. The van der Waals surface area contributed by atoms with E-state index in [1.54, 1.807) is 18.0 Å². The topological polar surface area (TPSA) is 68.7 Å². The molecule has 0 aliphatic carbocycles. The van der Waals surface area contributed by atoms with Crippen LogP contribution in [0.3, 0.4) is 0 Å². The van der Waals surface area contributed by atoms with Crippen LogP contribution in [0.4, 0.5) is 4.79 Å². The van der Waals surface area contributed by atoms with Crippen LogP contribution in [-0.4, -0.2) is 47.2 Å². The van der Waals surface area contributed by atoms with E-state index in [9.17, 15) is 9.59 Å². The molecule has 0 saturated carbocycles. The van der Waals surface area contributed by atoms with E-state index in [-0.39, 0.29) is 31.7 Å². The maximum absolute atomic E-state index is 12.7. The largest absolute Gasteiger partial charge is 0.463 e. The summed E-state index contributed by atoms with van der Waals surface area (Å²) >= 11 is 0. The molecule has 7 heteroatoms. The van der Waals surface area contributed by atoms with E-state index in [0.717, 1.165) is 22.0 Å². The monoisotopic (exact) mass is 432 g/mol. The summed E-state index contributed by atoms with van der Waals surface area (Å²) in [5, 5.41) is 0.948. The zero-order valence-electron chi connectivity index (χ0n) is 17.2. The maximum Gasteiger partial charge on any atom is 0.410 e. The Balaban J connectivity index is 0.00000300. The van der Waals surface area contributed by atoms with Gasteiger partial charge in [0, 0.05) is 31.3 Å². The molecule has 2 heterocycles. The SMILES string of the molecule is CCOC(=O)C1=C(c2ccnc3c[c-]ccc23)CCN(C(=O)OC(C)(C)C)C1.[V]. The maximum atomic E-state index is 12.7. The van der Waals surface area contributed by atoms with E-state index in [1.807, 2.05) is 45.0 Å². The Hall–Kier alpha value is -2.31. The van der Waals surface area contributed by atoms with Gasteiger partial charge in [-0.15, -0.1) is 5.39 Å². The van der Waals surface area contributed by atoms with Gasteiger partial charge in [-0.25, -0.2) is 9.59 Å². The molecule has 0 saturated heterocycles. The number of aromatic nitrogens is 1. The number of hydrogen-bond acceptors (Lipinski definition) is 5. The van der Waals surface area contributed by atoms with Crippen LogP contribution in [0.1, 0.15) is 39.7 Å². The Morgan fingerprint density at radius 1 is 1.28 bits per heavy atom. The van der Waals surface area contributed by atoms with Crippen molar-refractivity contribution in [3.63, 3.8) is 0 Å². The van der Waals surface area contributed by atoms with Crippen molar-refractivity contribution in [3.8, 4) is 0 Å². The second-order valence-electron chi connectivity index (χ2n) is 7.63. The van der Waals surface area contributed by atoms with Crippen molar-refractivity contribution < 1.29 is 37.6 Å². The van der Waals surface area contributed by atoms with Gasteiger partial charge in [-0.1, -0.05) is 0 Å². The fraction of sp³-hybridized carbons (Fsp3) is 0.409. The van der Waals surface area contributed by atoms with Crippen LogP contribution in [0.15, 0.2) is 36.0 Å². The first-order chi connectivity index (χ1) is 13.3. The molecule has 1 aromatic carbocycles. The molecular weight excluding hydrogens is 407 g/mol. The first kappa shape index (κ1) is 23.0. The molecule has 3 rings (SSSR count). The van der Waals surface area contributed by atoms with Gasteiger partial charge in [-0.05, 0) is 56.8 Å². The second kappa shape index (κ2) is 9.46. The predicted octanol–water partition coefficient (Wildman–Crippen LogP) is 3.99. The van der Waals surface area contributed by atoms with Crippen molar-refractivity contribution in [2.24, 2.45) is 0 Å². The number of amides is 1. The molecule has 0 unspecified atom stereocenters. The van der Waals surface area contributed by atoms with Crippen LogP contribution in [0.2, 0.25) is 0 Å². The Morgan fingerprint density at radius 2 is 2.03 bits per heavy atom. The van der Waals surface area contributed by atoms with Crippen molar-refractivity contribution in [1.82, 2.24) is 9.88 Å². The van der Waals surface area contributed by atoms with E-state index < -0.39 is 17.7 Å². The summed E-state index contributed by atoms with van der Waals surface area (Å²) in [5.74, 6) is -0.404. The van der Waals surface area contributed by atoms with E-state index >= 15 is 0 Å². The minimum atomic E-state index is -0.594. The third-order valence-electron chi connectivity index (χ3n) is 4.43. The van der Waals surface area contributed by atoms with Gasteiger partial charge in [-0.3, -0.25) is 0 Å². The molecule has 0 N–H and O–H groups in total. The van der Waals surface area contributed by atoms with Crippen LogP contribution in [-0.2, 0) is 32.8 Å². The third-order valence-corrected chi connectivity index (χ3v) is 4.43. The molecule has 0 atom stereocenters. The molecule has 0 bridgehead atoms. The Morgan fingerprint density at radius 3 is 2.72 bits per heavy atom. The zero-order valence-corrected chi connectivity index (χ0v) is 18.6. The number of fused-ring (bicyclic) bond motifs is 1. The predicted molar refractivity (Wildman–Crippen MR) is 107 cm³/mol. The van der Waals surface area contributed by atoms with Gasteiger partial charge in [0.2, 0.25) is 0 Å². The summed E-state index contributed by atoms with van der Waals surface area (Å²) in [6.07, 6.45) is 1.83. The molecule has 1 aliphatic rings. The van der Waals surface area contributed by atoms with Crippen LogP contribution in [0.5, 0.6) is 0 Å². The van der Waals surface area contributed by atoms with Gasteiger partial charge in [0.1, 0.15) is 5.60 Å². The van der Waals surface area contributed by atoms with Crippen molar-refractivity contribution in [2.75, 3.05) is 19.7 Å². The van der Waals surface area contributed by atoms with Crippen LogP contribution >= 0.6 is 0 Å². The van der Waals surface area contributed by atoms with Crippen molar-refractivity contribution in [2.45, 2.75) is 39.7 Å². The number of esters is 1. The molecule has 29 heavy (non-hydrogen) atoms. The van der Waals surface area contributed by atoms with Crippen LogP contribution in [0, 0.1) is 6.07 Å². The number of carbonyl (C=O) groups excluding carboxylic acids is 2. The standard InChI is InChI=1S/C22H25N2O4.V/c1-5-27-20(25)18-14-24(21(26)28-22(2,3)4)13-11-16(18)15-10-12-23-19-9-7-6-8-17(15)19;/h6,8-10,12H,5,11,13-14H2,1-4H3;/q-1;. The Labute approximate surface area is 183 Å². The second-order valence-corrected chi connectivity index (χ2v) is 7.63. The molecule has 6 nitrogen and oxygen atoms in total. The van der Waals surface area contributed by atoms with E-state index in [1.165, 1.54) is 0 Å². The number of rotatable bonds is 3. The summed E-state index contributed by atoms with van der Waals surface area (Å²) in [5.41, 5.74) is 2.52. The van der Waals surface area contributed by atoms with Crippen LogP contribution < -0.4 is 0 Å². The molecule has 1 amide bonds. The van der Waals surface area contributed by atoms with Crippen LogP contribution in [0.25, 0.3) is 16.5 Å². The zero-order chi connectivity index (χ0) is 20.3. The van der Waals surface area contributed by atoms with Crippen molar-refractivity contribution in [1.29, 1.82) is 0 Å². The average Bonchev–Trinajstić information content (AvgIpc) is 2.66. The van der Waals surface area contributed by atoms with Gasteiger partial charge in [0.05, 0.1) is 18.7 Å². The summed E-state index contributed by atoms with van der Waals surface area (Å²) < 4.78 is 10.8. The summed E-state index contributed by atoms with van der Waals surface area (Å²) in [6, 6.07) is 10.5. The molecule has 1 radical (unpaired) electrons. The van der Waals surface area contributed by atoms with E-state index in [4.69, 9.17) is 9.47 Å². The molecular formula is C22H25N2O4V-. The smallest absolute Gasteiger partial charge is 0.410 e. The quantitative estimate of drug-likeness (QED) is 0.542. The molecule has 0 spiro atoms. The third kappa shape index (κ3) is 5.40. The number of ether oxygens (including phenoxy) is 2. The number of hydrogen-bond donors (Lipinski definition) is 0. The van der Waals surface area contributed by atoms with Crippen molar-refractivity contribution >= 4 is 28.5 Å². The summed E-state index contributed by atoms with van der Waals surface area (Å²) in [4.78, 5) is 31.1. The van der Waals surface area contributed by atoms with Gasteiger partial charge in [0.25, 0.3) is 0 Å². The summed E-state index contributed by atoms with van der Waals surface area (Å²) in [7, 11) is 0. The fourth-order valence-electron chi connectivity index (χ4n) is 3.25. The molecule has 2 aromatic rings. The minimum Gasteiger partial charge on any atom is -0.463 e. The Bertz CT molecular complexity index is 929. The number of carbonyl (C=O) groups is 2. The fourth-order valence-corrected chi connectivity index (χ4v) is 3.25. The van der Waals surface area contributed by atoms with E-state index in [2.05, 4.69) is 11.1 Å². The van der Waals surface area contributed by atoms with Crippen molar-refractivity contribution in [3.05, 3.63) is 47.7 Å². The summed E-state index contributed by atoms with van der Waals surface area (Å²) in [6.45, 7) is 8.13. The van der Waals surface area contributed by atoms with Gasteiger partial charge >= 0.3 is 12.1 Å². The number of nitrogens with zero attached hydrogens (tertiary/aromatic N) is 2.